The molecule has 0 spiro atoms. The molecule has 0 aliphatic carbocycles. The van der Waals surface area contributed by atoms with Crippen LogP contribution in [0.3, 0.4) is 0 Å². The smallest absolute Gasteiger partial charge is 0.0699 e. The van der Waals surface area contributed by atoms with Gasteiger partial charge in [0.25, 0.3) is 0 Å². The molecule has 0 fully saturated rings. The molecule has 0 bridgehead atoms. The molecule has 0 atom stereocenters. The maximum absolute atomic E-state index is 8.68. The van der Waals surface area contributed by atoms with Gasteiger partial charge in [-0.15, -0.1) is 5.56 Å². The van der Waals surface area contributed by atoms with Gasteiger partial charge in [-0.25, -0.2) is 27.7 Å². The predicted octanol–water partition coefficient (Wildman–Crippen LogP) is 7.14. The molecule has 0 radical (unpaired) electrons. The standard InChI is InChI=1S/2C15H25O2.Fe/c2*1-11-12(2)14(4)15(13(11)3)17-10-8-6-5-7-9-16;/h2*16H,5-10H2,1-4H3;/q-5;-1;. The molecule has 0 saturated carbocycles. The van der Waals surface area contributed by atoms with Gasteiger partial charge in [-0.1, -0.05) is 53.4 Å². The Bertz CT molecular complexity index is 726. The summed E-state index contributed by atoms with van der Waals surface area (Å²) in [6.45, 7) is 19.4. The quantitative estimate of drug-likeness (QED) is 0.155. The molecule has 2 rings (SSSR count). The summed E-state index contributed by atoms with van der Waals surface area (Å²) in [6.07, 6.45) is 8.42. The third-order valence-corrected chi connectivity index (χ3v) is 7.34. The fourth-order valence-corrected chi connectivity index (χ4v) is 4.28. The minimum absolute atomic E-state index is 0. The van der Waals surface area contributed by atoms with Crippen LogP contribution in [0.5, 0.6) is 11.5 Å². The Kier molecular flexibility index (Phi) is 17.4. The van der Waals surface area contributed by atoms with E-state index >= 15 is 0 Å². The average Bonchev–Trinajstić information content (AvgIpc) is 3.13. The largest absolute Gasteiger partial charge is 0.731 e. The first-order chi connectivity index (χ1) is 16.2. The number of unbranched alkanes of at least 4 members (excludes halogenated alkanes) is 6. The molecular formula is C30H50FeO4-6. The van der Waals surface area contributed by atoms with Crippen LogP contribution in [0.25, 0.3) is 0 Å². The van der Waals surface area contributed by atoms with Gasteiger partial charge in [0, 0.05) is 36.9 Å². The second-order valence-electron chi connectivity index (χ2n) is 9.63. The van der Waals surface area contributed by atoms with E-state index in [0.717, 1.165) is 76.1 Å². The molecule has 208 valence electrons. The van der Waals surface area contributed by atoms with Crippen molar-refractivity contribution in [3.05, 3.63) is 44.5 Å². The minimum atomic E-state index is 0. The summed E-state index contributed by atoms with van der Waals surface area (Å²) in [4.78, 5) is 0. The van der Waals surface area contributed by atoms with Crippen molar-refractivity contribution < 1.29 is 36.8 Å². The summed E-state index contributed by atoms with van der Waals surface area (Å²) in [5, 5.41) is 17.4. The van der Waals surface area contributed by atoms with Crippen molar-refractivity contribution in [1.82, 2.24) is 0 Å². The summed E-state index contributed by atoms with van der Waals surface area (Å²) in [5.74, 6) is 2.17. The van der Waals surface area contributed by atoms with Gasteiger partial charge in [0.1, 0.15) is 0 Å². The van der Waals surface area contributed by atoms with E-state index in [1.54, 1.807) is 0 Å². The van der Waals surface area contributed by atoms with Crippen molar-refractivity contribution in [2.24, 2.45) is 0 Å². The third-order valence-electron chi connectivity index (χ3n) is 7.34. The van der Waals surface area contributed by atoms with E-state index in [2.05, 4.69) is 55.4 Å². The van der Waals surface area contributed by atoms with E-state index in [-0.39, 0.29) is 17.1 Å². The molecule has 0 amide bonds. The Labute approximate surface area is 225 Å². The van der Waals surface area contributed by atoms with Crippen LogP contribution >= 0.6 is 0 Å². The van der Waals surface area contributed by atoms with Gasteiger partial charge in [-0.05, 0) is 31.4 Å². The Morgan fingerprint density at radius 1 is 0.600 bits per heavy atom. The Morgan fingerprint density at radius 3 is 1.49 bits per heavy atom. The van der Waals surface area contributed by atoms with Gasteiger partial charge < -0.3 is 47.7 Å². The van der Waals surface area contributed by atoms with E-state index in [9.17, 15) is 0 Å². The molecule has 4 nitrogen and oxygen atoms in total. The third kappa shape index (κ3) is 10.3. The van der Waals surface area contributed by atoms with Gasteiger partial charge in [0.05, 0.1) is 6.61 Å². The summed E-state index contributed by atoms with van der Waals surface area (Å²) < 4.78 is 11.8. The molecular weight excluding hydrogens is 480 g/mol. The van der Waals surface area contributed by atoms with Crippen LogP contribution in [-0.2, 0) is 17.1 Å². The number of aliphatic hydroxyl groups is 2. The van der Waals surface area contributed by atoms with E-state index in [1.165, 1.54) is 44.5 Å². The van der Waals surface area contributed by atoms with E-state index in [1.807, 2.05) is 0 Å². The van der Waals surface area contributed by atoms with Crippen LogP contribution in [0.1, 0.15) is 95.9 Å². The number of ether oxygens (including phenoxy) is 2. The zero-order chi connectivity index (χ0) is 25.7. The Balaban J connectivity index is 0.000000642. The number of rotatable bonds is 14. The van der Waals surface area contributed by atoms with Crippen LogP contribution in [0.15, 0.2) is 0 Å². The van der Waals surface area contributed by atoms with Gasteiger partial charge in [0.2, 0.25) is 0 Å². The minimum Gasteiger partial charge on any atom is -0.731 e. The molecule has 0 saturated heterocycles. The molecule has 0 aliphatic rings. The monoisotopic (exact) mass is 530 g/mol. The Morgan fingerprint density at radius 2 is 1.06 bits per heavy atom. The van der Waals surface area contributed by atoms with Crippen molar-refractivity contribution in [3.63, 3.8) is 0 Å². The van der Waals surface area contributed by atoms with Gasteiger partial charge in [0.15, 0.2) is 0 Å². The maximum atomic E-state index is 8.68. The van der Waals surface area contributed by atoms with Crippen LogP contribution in [0.2, 0.25) is 0 Å². The zero-order valence-corrected chi connectivity index (χ0v) is 24.7. The second-order valence-corrected chi connectivity index (χ2v) is 9.63. The molecule has 2 N–H and O–H groups in total. The molecule has 5 heteroatoms. The van der Waals surface area contributed by atoms with E-state index in [0.29, 0.717) is 13.2 Å². The predicted molar refractivity (Wildman–Crippen MR) is 144 cm³/mol. The Hall–Kier alpha value is -1.26. The van der Waals surface area contributed by atoms with Crippen molar-refractivity contribution in [1.29, 1.82) is 0 Å². The number of aliphatic hydroxyl groups excluding tert-OH is 2. The van der Waals surface area contributed by atoms with Crippen LogP contribution < -0.4 is 9.47 Å². The van der Waals surface area contributed by atoms with E-state index < -0.39 is 0 Å². The fraction of sp³-hybridized carbons (Fsp3) is 0.667. The average molecular weight is 531 g/mol. The van der Waals surface area contributed by atoms with Crippen LogP contribution in [0, 0.1) is 55.4 Å². The summed E-state index contributed by atoms with van der Waals surface area (Å²) in [5.41, 5.74) is 10.6. The fourth-order valence-electron chi connectivity index (χ4n) is 4.28. The number of hydrogen-bond acceptors (Lipinski definition) is 4. The molecule has 35 heavy (non-hydrogen) atoms. The van der Waals surface area contributed by atoms with Crippen LogP contribution in [0.4, 0.5) is 0 Å². The topological polar surface area (TPSA) is 58.9 Å². The molecule has 2 aromatic carbocycles. The molecule has 0 aliphatic heterocycles. The van der Waals surface area contributed by atoms with Gasteiger partial charge in [-0.3, -0.25) is 0 Å². The first kappa shape index (κ1) is 33.7. The van der Waals surface area contributed by atoms with Crippen LogP contribution in [-0.4, -0.2) is 36.6 Å². The normalized spacial score (nSPS) is 10.6. The summed E-state index contributed by atoms with van der Waals surface area (Å²) in [6, 6.07) is 0. The van der Waals surface area contributed by atoms with Crippen molar-refractivity contribution in [3.8, 4) is 11.5 Å². The number of hydrogen-bond donors (Lipinski definition) is 2. The molecule has 0 aromatic heterocycles. The summed E-state index contributed by atoms with van der Waals surface area (Å²) >= 11 is 0. The first-order valence-electron chi connectivity index (χ1n) is 13.1. The van der Waals surface area contributed by atoms with Crippen molar-refractivity contribution >= 4 is 0 Å². The van der Waals surface area contributed by atoms with Crippen molar-refractivity contribution in [2.75, 3.05) is 26.4 Å². The van der Waals surface area contributed by atoms with Crippen molar-refractivity contribution in [2.45, 2.75) is 107 Å². The second kappa shape index (κ2) is 18.1. The molecule has 0 heterocycles. The van der Waals surface area contributed by atoms with Gasteiger partial charge >= 0.3 is 0 Å². The SMILES string of the molecule is C[c-]1[c-](C)[c-](C)[c-](OCCCCCCO)[c-]1C.Cc1c(OCCCCCCO)c(C)[c-](C)c1C.[Fe]. The van der Waals surface area contributed by atoms with Gasteiger partial charge in [-0.2, -0.15) is 16.7 Å². The first-order valence-corrected chi connectivity index (χ1v) is 13.1. The maximum Gasteiger partial charge on any atom is 0.0699 e. The molecule has 0 unspecified atom stereocenters. The molecule has 2 aromatic rings. The van der Waals surface area contributed by atoms with E-state index in [4.69, 9.17) is 19.7 Å². The zero-order valence-electron chi connectivity index (χ0n) is 23.5. The summed E-state index contributed by atoms with van der Waals surface area (Å²) in [7, 11) is 0.